The minimum atomic E-state index is 0. The van der Waals surface area contributed by atoms with Gasteiger partial charge in [-0.3, -0.25) is 0 Å². The molecule has 5 rings (SSSR count). The predicted octanol–water partition coefficient (Wildman–Crippen LogP) is 9.54. The Morgan fingerprint density at radius 1 is 0.586 bits per heavy atom. The summed E-state index contributed by atoms with van der Waals surface area (Å²) in [6, 6.07) is 17.9. The van der Waals surface area contributed by atoms with Crippen LogP contribution < -0.4 is 0 Å². The fourth-order valence-corrected chi connectivity index (χ4v) is 4.04. The standard InChI is InChI=1S/C19H14.2C3H8.C2H6.2CH4/c1-3-7-15-13(6-1)10-18-17(15)11-14-9-12-5-2-4-8-16(12)19(14)18;2*1-3-2;1-2;;/h1-8H,9-11H2;2*3H2,1-2H3;1-2H3;2*1H4. The van der Waals surface area contributed by atoms with E-state index in [2.05, 4.69) is 76.2 Å². The van der Waals surface area contributed by atoms with Gasteiger partial charge in [-0.1, -0.05) is 123 Å². The fraction of sp³-hybridized carbons (Fsp3) is 0.448. The lowest BCUT2D eigenvalue weighted by atomic mass is 9.98. The van der Waals surface area contributed by atoms with Crippen molar-refractivity contribution in [2.75, 3.05) is 0 Å². The Morgan fingerprint density at radius 2 is 1.03 bits per heavy atom. The van der Waals surface area contributed by atoms with Crippen LogP contribution in [0, 0.1) is 0 Å². The fourth-order valence-electron chi connectivity index (χ4n) is 4.04. The first-order valence-corrected chi connectivity index (χ1v) is 10.9. The number of hydrogen-bond donors (Lipinski definition) is 0. The third-order valence-corrected chi connectivity index (χ3v) is 4.81. The summed E-state index contributed by atoms with van der Waals surface area (Å²) in [4.78, 5) is 0. The lowest BCUT2D eigenvalue weighted by Crippen LogP contribution is -1.89. The van der Waals surface area contributed by atoms with Crippen LogP contribution in [0.3, 0.4) is 0 Å². The van der Waals surface area contributed by atoms with Crippen LogP contribution in [0.2, 0.25) is 0 Å². The second-order valence-electron chi connectivity index (χ2n) is 7.19. The Balaban J connectivity index is 0.000000697. The van der Waals surface area contributed by atoms with Crippen LogP contribution >= 0.6 is 0 Å². The number of allylic oxidation sites excluding steroid dienone is 4. The summed E-state index contributed by atoms with van der Waals surface area (Å²) >= 11 is 0. The number of hydrogen-bond acceptors (Lipinski definition) is 0. The topological polar surface area (TPSA) is 0 Å². The lowest BCUT2D eigenvalue weighted by Gasteiger charge is -2.06. The maximum absolute atomic E-state index is 2.30. The van der Waals surface area contributed by atoms with Gasteiger partial charge in [0.05, 0.1) is 0 Å². The van der Waals surface area contributed by atoms with Gasteiger partial charge in [0.1, 0.15) is 0 Å². The van der Waals surface area contributed by atoms with Crippen LogP contribution in [0.1, 0.15) is 97.9 Å². The van der Waals surface area contributed by atoms with Gasteiger partial charge in [0.2, 0.25) is 0 Å². The minimum absolute atomic E-state index is 0. The maximum atomic E-state index is 2.30. The molecule has 0 spiro atoms. The molecule has 0 aromatic heterocycles. The van der Waals surface area contributed by atoms with Gasteiger partial charge < -0.3 is 0 Å². The van der Waals surface area contributed by atoms with Crippen molar-refractivity contribution in [2.24, 2.45) is 0 Å². The average molecular weight is 393 g/mol. The Bertz CT molecular complexity index is 815. The van der Waals surface area contributed by atoms with E-state index >= 15 is 0 Å². The van der Waals surface area contributed by atoms with E-state index < -0.39 is 0 Å². The molecule has 29 heavy (non-hydrogen) atoms. The van der Waals surface area contributed by atoms with Crippen LogP contribution in [-0.2, 0) is 12.8 Å². The molecule has 0 heterocycles. The third kappa shape index (κ3) is 5.50. The molecular formula is C29H44. The van der Waals surface area contributed by atoms with Crippen molar-refractivity contribution in [2.45, 2.75) is 88.5 Å². The van der Waals surface area contributed by atoms with E-state index in [1.165, 1.54) is 47.9 Å². The van der Waals surface area contributed by atoms with Crippen molar-refractivity contribution in [3.63, 3.8) is 0 Å². The summed E-state index contributed by atoms with van der Waals surface area (Å²) in [5.74, 6) is 0. The Labute approximate surface area is 181 Å². The van der Waals surface area contributed by atoms with E-state index in [0.717, 1.165) is 6.42 Å². The molecule has 0 radical (unpaired) electrons. The molecule has 0 saturated carbocycles. The third-order valence-electron chi connectivity index (χ3n) is 4.81. The molecule has 0 nitrogen and oxygen atoms in total. The van der Waals surface area contributed by atoms with Crippen molar-refractivity contribution < 1.29 is 0 Å². The summed E-state index contributed by atoms with van der Waals surface area (Å²) in [5, 5.41) is 0. The van der Waals surface area contributed by atoms with E-state index in [4.69, 9.17) is 0 Å². The summed E-state index contributed by atoms with van der Waals surface area (Å²) in [5.41, 5.74) is 12.5. The molecule has 2 aromatic rings. The van der Waals surface area contributed by atoms with Crippen molar-refractivity contribution in [3.8, 4) is 0 Å². The molecule has 0 aliphatic heterocycles. The molecule has 0 amide bonds. The van der Waals surface area contributed by atoms with Crippen LogP contribution in [0.25, 0.3) is 11.1 Å². The number of rotatable bonds is 0. The quantitative estimate of drug-likeness (QED) is 0.418. The zero-order chi connectivity index (χ0) is 19.8. The van der Waals surface area contributed by atoms with Gasteiger partial charge in [0.15, 0.2) is 0 Å². The highest BCUT2D eigenvalue weighted by molar-refractivity contribution is 6.02. The van der Waals surface area contributed by atoms with Gasteiger partial charge in [-0.25, -0.2) is 0 Å². The molecule has 160 valence electrons. The van der Waals surface area contributed by atoms with Crippen LogP contribution in [-0.4, -0.2) is 0 Å². The molecule has 0 heteroatoms. The van der Waals surface area contributed by atoms with E-state index in [1.54, 1.807) is 22.3 Å². The monoisotopic (exact) mass is 392 g/mol. The van der Waals surface area contributed by atoms with Gasteiger partial charge in [-0.05, 0) is 58.2 Å². The maximum Gasteiger partial charge on any atom is -0.00105 e. The van der Waals surface area contributed by atoms with Crippen molar-refractivity contribution in [1.29, 1.82) is 0 Å². The lowest BCUT2D eigenvalue weighted by molar-refractivity contribution is 1.09. The molecular weight excluding hydrogens is 348 g/mol. The van der Waals surface area contributed by atoms with Gasteiger partial charge >= 0.3 is 0 Å². The second-order valence-corrected chi connectivity index (χ2v) is 7.19. The molecule has 0 fully saturated rings. The first-order chi connectivity index (χ1) is 13.2. The Kier molecular flexibility index (Phi) is 12.3. The zero-order valence-electron chi connectivity index (χ0n) is 18.2. The van der Waals surface area contributed by atoms with E-state index in [0.29, 0.717) is 0 Å². The van der Waals surface area contributed by atoms with Crippen LogP contribution in [0.4, 0.5) is 0 Å². The first kappa shape index (κ1) is 26.9. The number of fused-ring (bicyclic) bond motifs is 5. The molecule has 0 N–H and O–H groups in total. The largest absolute Gasteiger partial charge is 0.0776 e. The van der Waals surface area contributed by atoms with Gasteiger partial charge in [-0.2, -0.15) is 0 Å². The highest BCUT2D eigenvalue weighted by Gasteiger charge is 2.35. The smallest absolute Gasteiger partial charge is 0.00105 e. The number of benzene rings is 2. The second kappa shape index (κ2) is 13.2. The molecule has 0 bridgehead atoms. The minimum Gasteiger partial charge on any atom is -0.0776 e. The van der Waals surface area contributed by atoms with Crippen molar-refractivity contribution in [3.05, 3.63) is 81.9 Å². The summed E-state index contributed by atoms with van der Waals surface area (Å²) in [6.07, 6.45) is 5.98. The van der Waals surface area contributed by atoms with Gasteiger partial charge in [0.25, 0.3) is 0 Å². The molecule has 3 aliphatic rings. The van der Waals surface area contributed by atoms with E-state index in [-0.39, 0.29) is 14.9 Å². The first-order valence-electron chi connectivity index (χ1n) is 10.9. The zero-order valence-corrected chi connectivity index (χ0v) is 18.2. The molecule has 0 saturated heterocycles. The predicted molar refractivity (Wildman–Crippen MR) is 135 cm³/mol. The van der Waals surface area contributed by atoms with Crippen LogP contribution in [0.5, 0.6) is 0 Å². The average Bonchev–Trinajstić information content (AvgIpc) is 3.32. The van der Waals surface area contributed by atoms with Crippen LogP contribution in [0.15, 0.2) is 59.7 Å². The van der Waals surface area contributed by atoms with Crippen molar-refractivity contribution in [1.82, 2.24) is 0 Å². The van der Waals surface area contributed by atoms with Crippen molar-refractivity contribution >= 4 is 11.1 Å². The highest BCUT2D eigenvalue weighted by atomic mass is 14.4. The Morgan fingerprint density at radius 3 is 1.59 bits per heavy atom. The summed E-state index contributed by atoms with van der Waals surface area (Å²) < 4.78 is 0. The molecule has 2 aromatic carbocycles. The van der Waals surface area contributed by atoms with Gasteiger partial charge in [-0.15, -0.1) is 0 Å². The van der Waals surface area contributed by atoms with E-state index in [9.17, 15) is 0 Å². The van der Waals surface area contributed by atoms with E-state index in [1.807, 2.05) is 13.8 Å². The molecule has 0 atom stereocenters. The Hall–Kier alpha value is -2.08. The molecule has 0 unspecified atom stereocenters. The summed E-state index contributed by atoms with van der Waals surface area (Å²) in [7, 11) is 0. The van der Waals surface area contributed by atoms with Gasteiger partial charge in [0, 0.05) is 0 Å². The highest BCUT2D eigenvalue weighted by Crippen LogP contribution is 2.53. The SMILES string of the molecule is C.C.CC.CCC.CCC.c1ccc2c(c1)CC1=C2CC2=C1c1ccccc1C2. The summed E-state index contributed by atoms with van der Waals surface area (Å²) in [6.45, 7) is 12.5. The molecule has 3 aliphatic carbocycles. The normalized spacial score (nSPS) is 13.6.